The number of hydrogen-bond acceptors (Lipinski definition) is 2. The van der Waals surface area contributed by atoms with Crippen molar-refractivity contribution in [2.75, 3.05) is 0 Å². The quantitative estimate of drug-likeness (QED) is 0.614. The first-order chi connectivity index (χ1) is 8.61. The van der Waals surface area contributed by atoms with E-state index in [-0.39, 0.29) is 5.92 Å². The van der Waals surface area contributed by atoms with Crippen molar-refractivity contribution >= 4 is 17.1 Å². The summed E-state index contributed by atoms with van der Waals surface area (Å²) in [4.78, 5) is 0. The van der Waals surface area contributed by atoms with Crippen molar-refractivity contribution in [2.45, 2.75) is 39.4 Å². The van der Waals surface area contributed by atoms with Crippen LogP contribution in [0, 0.1) is 17.6 Å². The average molecular weight is 287 g/mol. The summed E-state index contributed by atoms with van der Waals surface area (Å²) in [5, 5.41) is 0. The molecule has 0 spiro atoms. The van der Waals surface area contributed by atoms with Crippen LogP contribution in [0.15, 0.2) is 22.6 Å². The van der Waals surface area contributed by atoms with Crippen molar-refractivity contribution in [3.05, 3.63) is 35.4 Å². The molecule has 0 heterocycles. The first-order valence-corrected chi connectivity index (χ1v) is 7.19. The Bertz CT molecular complexity index is 461. The Morgan fingerprint density at radius 1 is 1.16 bits per heavy atom. The number of nitrogens with zero attached hydrogens (tertiary/aromatic N) is 1. The Balaban J connectivity index is 3.25. The Hall–Kier alpha value is -0.940. The Morgan fingerprint density at radius 2 is 1.63 bits per heavy atom. The Kier molecular flexibility index (Phi) is 5.10. The molecule has 1 rings (SSSR count). The van der Waals surface area contributed by atoms with E-state index in [0.717, 1.165) is 6.07 Å². The van der Waals surface area contributed by atoms with Crippen LogP contribution >= 0.6 is 0 Å². The standard InChI is InChI=1S/C14H19F2NOS/c1-9(2)13(17-19(18)14(3,4)5)10-6-11(15)8-12(16)7-10/h6-9H,1-5H3/b17-13-. The van der Waals surface area contributed by atoms with Crippen LogP contribution in [-0.4, -0.2) is 15.0 Å². The normalized spacial score (nSPS) is 14.9. The van der Waals surface area contributed by atoms with Crippen molar-refractivity contribution in [1.82, 2.24) is 0 Å². The van der Waals surface area contributed by atoms with Gasteiger partial charge in [-0.05, 0) is 32.9 Å². The second-order valence-corrected chi connectivity index (χ2v) is 7.56. The number of hydrogen-bond donors (Lipinski definition) is 0. The van der Waals surface area contributed by atoms with Crippen LogP contribution in [-0.2, 0) is 11.4 Å². The van der Waals surface area contributed by atoms with Gasteiger partial charge < -0.3 is 4.55 Å². The zero-order chi connectivity index (χ0) is 14.8. The molecule has 1 aromatic rings. The Morgan fingerprint density at radius 3 is 2.00 bits per heavy atom. The summed E-state index contributed by atoms with van der Waals surface area (Å²) in [6.45, 7) is 9.10. The minimum Gasteiger partial charge on any atom is -0.591 e. The fourth-order valence-electron chi connectivity index (χ4n) is 1.42. The van der Waals surface area contributed by atoms with E-state index in [2.05, 4.69) is 4.40 Å². The van der Waals surface area contributed by atoms with Crippen molar-refractivity contribution in [1.29, 1.82) is 0 Å². The van der Waals surface area contributed by atoms with E-state index >= 15 is 0 Å². The van der Waals surface area contributed by atoms with Crippen LogP contribution < -0.4 is 0 Å². The van der Waals surface area contributed by atoms with E-state index in [1.165, 1.54) is 12.1 Å². The van der Waals surface area contributed by atoms with Crippen LogP contribution in [0.2, 0.25) is 0 Å². The minimum atomic E-state index is -1.46. The van der Waals surface area contributed by atoms with Crippen molar-refractivity contribution in [3.63, 3.8) is 0 Å². The molecule has 0 aliphatic rings. The Labute approximate surface area is 116 Å². The summed E-state index contributed by atoms with van der Waals surface area (Å²) in [6.07, 6.45) is 0. The largest absolute Gasteiger partial charge is 0.591 e. The third-order valence-corrected chi connectivity index (χ3v) is 3.82. The molecule has 5 heteroatoms. The molecule has 1 atom stereocenters. The van der Waals surface area contributed by atoms with Gasteiger partial charge in [-0.2, -0.15) is 0 Å². The predicted molar refractivity (Wildman–Crippen MR) is 75.6 cm³/mol. The highest BCUT2D eigenvalue weighted by Crippen LogP contribution is 2.21. The van der Waals surface area contributed by atoms with Crippen LogP contribution in [0.25, 0.3) is 0 Å². The van der Waals surface area contributed by atoms with E-state index < -0.39 is 27.7 Å². The fourth-order valence-corrected chi connectivity index (χ4v) is 2.19. The summed E-state index contributed by atoms with van der Waals surface area (Å²) in [7, 11) is 0. The average Bonchev–Trinajstić information content (AvgIpc) is 2.21. The summed E-state index contributed by atoms with van der Waals surface area (Å²) in [5.41, 5.74) is 0.789. The molecule has 0 aliphatic carbocycles. The highest BCUT2D eigenvalue weighted by molar-refractivity contribution is 7.91. The third-order valence-electron chi connectivity index (χ3n) is 2.41. The second kappa shape index (κ2) is 6.01. The molecule has 0 aliphatic heterocycles. The van der Waals surface area contributed by atoms with Crippen molar-refractivity contribution < 1.29 is 13.3 Å². The maximum Gasteiger partial charge on any atom is 0.144 e. The molecule has 0 amide bonds. The molecule has 0 radical (unpaired) electrons. The topological polar surface area (TPSA) is 35.4 Å². The van der Waals surface area contributed by atoms with Crippen LogP contribution in [0.5, 0.6) is 0 Å². The summed E-state index contributed by atoms with van der Waals surface area (Å²) < 4.78 is 42.2. The fraction of sp³-hybridized carbons (Fsp3) is 0.500. The van der Waals surface area contributed by atoms with Gasteiger partial charge in [0.1, 0.15) is 33.5 Å². The first-order valence-electron chi connectivity index (χ1n) is 6.08. The van der Waals surface area contributed by atoms with Gasteiger partial charge in [0.2, 0.25) is 0 Å². The molecular weight excluding hydrogens is 268 g/mol. The van der Waals surface area contributed by atoms with Gasteiger partial charge in [-0.15, -0.1) is 0 Å². The molecule has 1 aromatic carbocycles. The lowest BCUT2D eigenvalue weighted by atomic mass is 10.0. The highest BCUT2D eigenvalue weighted by Gasteiger charge is 2.28. The molecule has 1 unspecified atom stereocenters. The van der Waals surface area contributed by atoms with Gasteiger partial charge in [0, 0.05) is 17.5 Å². The van der Waals surface area contributed by atoms with E-state index in [0.29, 0.717) is 11.3 Å². The van der Waals surface area contributed by atoms with Gasteiger partial charge in [0.15, 0.2) is 0 Å². The zero-order valence-corrected chi connectivity index (χ0v) is 12.6. The third kappa shape index (κ3) is 4.58. The minimum absolute atomic E-state index is 0.0764. The lowest BCUT2D eigenvalue weighted by Gasteiger charge is -2.20. The molecule has 106 valence electrons. The van der Waals surface area contributed by atoms with Gasteiger partial charge in [-0.3, -0.25) is 0 Å². The predicted octanol–water partition coefficient (Wildman–Crippen LogP) is 3.87. The molecule has 2 nitrogen and oxygen atoms in total. The lowest BCUT2D eigenvalue weighted by molar-refractivity contribution is 0.561. The molecular formula is C14H19F2NOS. The van der Waals surface area contributed by atoms with Gasteiger partial charge in [0.05, 0.1) is 0 Å². The zero-order valence-electron chi connectivity index (χ0n) is 11.8. The van der Waals surface area contributed by atoms with E-state index in [1.807, 2.05) is 13.8 Å². The summed E-state index contributed by atoms with van der Waals surface area (Å²) >= 11 is -1.46. The van der Waals surface area contributed by atoms with Gasteiger partial charge in [0.25, 0.3) is 0 Å². The smallest absolute Gasteiger partial charge is 0.144 e. The first kappa shape index (κ1) is 16.1. The molecule has 0 bridgehead atoms. The van der Waals surface area contributed by atoms with Crippen molar-refractivity contribution in [3.8, 4) is 0 Å². The number of halogens is 2. The summed E-state index contributed by atoms with van der Waals surface area (Å²) in [6, 6.07) is 3.23. The maximum absolute atomic E-state index is 13.3. The molecule has 0 aromatic heterocycles. The molecule has 19 heavy (non-hydrogen) atoms. The van der Waals surface area contributed by atoms with Gasteiger partial charge in [-0.25, -0.2) is 8.78 Å². The van der Waals surface area contributed by atoms with E-state index in [4.69, 9.17) is 0 Å². The van der Waals surface area contributed by atoms with Gasteiger partial charge in [-0.1, -0.05) is 18.2 Å². The lowest BCUT2D eigenvalue weighted by Crippen LogP contribution is -2.28. The monoisotopic (exact) mass is 287 g/mol. The van der Waals surface area contributed by atoms with Crippen LogP contribution in [0.1, 0.15) is 40.2 Å². The summed E-state index contributed by atoms with van der Waals surface area (Å²) in [5.74, 6) is -1.40. The van der Waals surface area contributed by atoms with Gasteiger partial charge >= 0.3 is 0 Å². The number of rotatable bonds is 3. The molecule has 0 saturated heterocycles. The SMILES string of the molecule is CC(C)/C(=N/[S+]([O-])C(C)(C)C)c1cc(F)cc(F)c1. The molecule has 0 fully saturated rings. The van der Waals surface area contributed by atoms with Crippen LogP contribution in [0.3, 0.4) is 0 Å². The number of benzene rings is 1. The highest BCUT2D eigenvalue weighted by atomic mass is 32.2. The molecule has 0 saturated carbocycles. The molecule has 0 N–H and O–H groups in total. The van der Waals surface area contributed by atoms with E-state index in [1.54, 1.807) is 20.8 Å². The van der Waals surface area contributed by atoms with E-state index in [9.17, 15) is 13.3 Å². The van der Waals surface area contributed by atoms with Crippen LogP contribution in [0.4, 0.5) is 8.78 Å². The van der Waals surface area contributed by atoms with Crippen molar-refractivity contribution in [2.24, 2.45) is 10.3 Å². The maximum atomic E-state index is 13.3. The second-order valence-electron chi connectivity index (χ2n) is 5.65.